The third-order valence-corrected chi connectivity index (χ3v) is 4.41. The highest BCUT2D eigenvalue weighted by Crippen LogP contribution is 2.19. The highest BCUT2D eigenvalue weighted by Gasteiger charge is 2.31. The van der Waals surface area contributed by atoms with Gasteiger partial charge in [-0.05, 0) is 24.3 Å². The maximum absolute atomic E-state index is 12.6. The number of aliphatic carboxylic acids is 1. The van der Waals surface area contributed by atoms with Crippen molar-refractivity contribution >= 4 is 17.9 Å². The molecule has 7 heteroatoms. The highest BCUT2D eigenvalue weighted by molar-refractivity contribution is 5.86. The van der Waals surface area contributed by atoms with Gasteiger partial charge >= 0.3 is 12.0 Å². The van der Waals surface area contributed by atoms with E-state index in [-0.39, 0.29) is 11.9 Å². The van der Waals surface area contributed by atoms with E-state index >= 15 is 0 Å². The van der Waals surface area contributed by atoms with Crippen LogP contribution in [-0.4, -0.2) is 47.5 Å². The van der Waals surface area contributed by atoms with E-state index < -0.39 is 17.9 Å². The van der Waals surface area contributed by atoms with E-state index in [2.05, 4.69) is 10.6 Å². The van der Waals surface area contributed by atoms with Gasteiger partial charge in [-0.15, -0.1) is 0 Å². The molecule has 7 nitrogen and oxygen atoms in total. The molecule has 26 heavy (non-hydrogen) atoms. The Morgan fingerprint density at radius 1 is 1.23 bits per heavy atom. The van der Waals surface area contributed by atoms with Crippen molar-refractivity contribution in [3.8, 4) is 0 Å². The van der Waals surface area contributed by atoms with E-state index in [4.69, 9.17) is 0 Å². The molecule has 2 rings (SSSR count). The SMILES string of the molecule is CC(C)CNC(=O)N1CCCC(C(=O)N[C@H](C(=O)O)c2ccccc2)C1. The van der Waals surface area contributed by atoms with Gasteiger partial charge in [0, 0.05) is 19.6 Å². The van der Waals surface area contributed by atoms with Crippen molar-refractivity contribution in [2.75, 3.05) is 19.6 Å². The van der Waals surface area contributed by atoms with Crippen LogP contribution in [0.3, 0.4) is 0 Å². The zero-order valence-electron chi connectivity index (χ0n) is 15.3. The number of carboxylic acids is 1. The molecule has 2 atom stereocenters. The standard InChI is InChI=1S/C19H27N3O4/c1-13(2)11-20-19(26)22-10-6-9-15(12-22)17(23)21-16(18(24)25)14-7-4-3-5-8-14/h3-5,7-8,13,15-16H,6,9-12H2,1-2H3,(H,20,26)(H,21,23)(H,24,25)/t15?,16-/m0/s1. The lowest BCUT2D eigenvalue weighted by Gasteiger charge is -2.32. The molecular weight excluding hydrogens is 334 g/mol. The molecule has 1 fully saturated rings. The second kappa shape index (κ2) is 9.22. The molecular formula is C19H27N3O4. The zero-order valence-corrected chi connectivity index (χ0v) is 15.3. The number of likely N-dealkylation sites (tertiary alicyclic amines) is 1. The Morgan fingerprint density at radius 3 is 2.54 bits per heavy atom. The summed E-state index contributed by atoms with van der Waals surface area (Å²) >= 11 is 0. The van der Waals surface area contributed by atoms with Crippen LogP contribution in [0.1, 0.15) is 38.3 Å². The van der Waals surface area contributed by atoms with Crippen LogP contribution >= 0.6 is 0 Å². The number of hydrogen-bond acceptors (Lipinski definition) is 3. The van der Waals surface area contributed by atoms with Crippen LogP contribution in [-0.2, 0) is 9.59 Å². The quantitative estimate of drug-likeness (QED) is 0.722. The summed E-state index contributed by atoms with van der Waals surface area (Å²) in [6.07, 6.45) is 1.36. The van der Waals surface area contributed by atoms with E-state index in [1.807, 2.05) is 13.8 Å². The molecule has 1 heterocycles. The van der Waals surface area contributed by atoms with E-state index in [1.165, 1.54) is 0 Å². The van der Waals surface area contributed by atoms with Crippen LogP contribution in [0.15, 0.2) is 30.3 Å². The lowest BCUT2D eigenvalue weighted by Crippen LogP contribution is -2.50. The molecule has 1 aliphatic rings. The Morgan fingerprint density at radius 2 is 1.92 bits per heavy atom. The molecule has 0 saturated carbocycles. The van der Waals surface area contributed by atoms with Gasteiger partial charge in [-0.1, -0.05) is 44.2 Å². The maximum atomic E-state index is 12.6. The second-order valence-electron chi connectivity index (χ2n) is 7.06. The van der Waals surface area contributed by atoms with Crippen molar-refractivity contribution in [3.05, 3.63) is 35.9 Å². The van der Waals surface area contributed by atoms with Crippen molar-refractivity contribution in [2.45, 2.75) is 32.7 Å². The smallest absolute Gasteiger partial charge is 0.330 e. The summed E-state index contributed by atoms with van der Waals surface area (Å²) in [5, 5.41) is 14.9. The minimum Gasteiger partial charge on any atom is -0.479 e. The number of carboxylic acid groups (broad SMARTS) is 1. The van der Waals surface area contributed by atoms with Crippen LogP contribution in [0.2, 0.25) is 0 Å². The minimum atomic E-state index is -1.10. The molecule has 3 N–H and O–H groups in total. The number of amides is 3. The van der Waals surface area contributed by atoms with Crippen molar-refractivity contribution in [1.29, 1.82) is 0 Å². The molecule has 1 aromatic carbocycles. The number of nitrogens with one attached hydrogen (secondary N) is 2. The Bertz CT molecular complexity index is 633. The molecule has 1 aliphatic heterocycles. The fourth-order valence-corrected chi connectivity index (χ4v) is 2.97. The number of urea groups is 1. The summed E-state index contributed by atoms with van der Waals surface area (Å²) in [6, 6.07) is 7.34. The van der Waals surface area contributed by atoms with E-state index in [0.29, 0.717) is 37.5 Å². The van der Waals surface area contributed by atoms with Gasteiger partial charge in [0.05, 0.1) is 5.92 Å². The molecule has 1 unspecified atom stereocenters. The van der Waals surface area contributed by atoms with Gasteiger partial charge < -0.3 is 20.6 Å². The third kappa shape index (κ3) is 5.47. The average molecular weight is 361 g/mol. The zero-order chi connectivity index (χ0) is 19.1. The predicted molar refractivity (Wildman–Crippen MR) is 97.5 cm³/mol. The van der Waals surface area contributed by atoms with Crippen LogP contribution in [0.4, 0.5) is 4.79 Å². The van der Waals surface area contributed by atoms with Gasteiger partial charge in [0.1, 0.15) is 0 Å². The Labute approximate surface area is 153 Å². The van der Waals surface area contributed by atoms with Crippen molar-refractivity contribution < 1.29 is 19.5 Å². The van der Waals surface area contributed by atoms with Crippen LogP contribution < -0.4 is 10.6 Å². The minimum absolute atomic E-state index is 0.172. The predicted octanol–water partition coefficient (Wildman–Crippen LogP) is 2.01. The monoisotopic (exact) mass is 361 g/mol. The number of carbonyl (C=O) groups excluding carboxylic acids is 2. The summed E-state index contributed by atoms with van der Waals surface area (Å²) in [4.78, 5) is 38.0. The lowest BCUT2D eigenvalue weighted by atomic mass is 9.96. The first-order valence-electron chi connectivity index (χ1n) is 8.99. The van der Waals surface area contributed by atoms with Gasteiger partial charge in [-0.25, -0.2) is 9.59 Å². The topological polar surface area (TPSA) is 98.7 Å². The normalized spacial score (nSPS) is 18.3. The van der Waals surface area contributed by atoms with Gasteiger partial charge in [-0.3, -0.25) is 4.79 Å². The molecule has 0 bridgehead atoms. The fraction of sp³-hybridized carbons (Fsp3) is 0.526. The molecule has 1 saturated heterocycles. The van der Waals surface area contributed by atoms with Gasteiger partial charge in [-0.2, -0.15) is 0 Å². The van der Waals surface area contributed by atoms with Crippen LogP contribution in [0, 0.1) is 11.8 Å². The van der Waals surface area contributed by atoms with E-state index in [0.717, 1.165) is 6.42 Å². The molecule has 0 aliphatic carbocycles. The average Bonchev–Trinajstić information content (AvgIpc) is 2.64. The van der Waals surface area contributed by atoms with Crippen LogP contribution in [0.25, 0.3) is 0 Å². The second-order valence-corrected chi connectivity index (χ2v) is 7.06. The summed E-state index contributed by atoms with van der Waals surface area (Å²) in [7, 11) is 0. The number of carbonyl (C=O) groups is 3. The summed E-state index contributed by atoms with van der Waals surface area (Å²) < 4.78 is 0. The largest absolute Gasteiger partial charge is 0.479 e. The van der Waals surface area contributed by atoms with Gasteiger partial charge in [0.25, 0.3) is 0 Å². The van der Waals surface area contributed by atoms with Crippen molar-refractivity contribution in [2.24, 2.45) is 11.8 Å². The molecule has 1 aromatic rings. The van der Waals surface area contributed by atoms with E-state index in [9.17, 15) is 19.5 Å². The Balaban J connectivity index is 1.97. The molecule has 0 aromatic heterocycles. The van der Waals surface area contributed by atoms with Gasteiger partial charge in [0.2, 0.25) is 5.91 Å². The summed E-state index contributed by atoms with van der Waals surface area (Å²) in [6.45, 7) is 5.53. The first kappa shape index (κ1) is 19.8. The summed E-state index contributed by atoms with van der Waals surface area (Å²) in [5.74, 6) is -1.49. The molecule has 3 amide bonds. The number of piperidine rings is 1. The number of benzene rings is 1. The molecule has 0 spiro atoms. The number of nitrogens with zero attached hydrogens (tertiary/aromatic N) is 1. The summed E-state index contributed by atoms with van der Waals surface area (Å²) in [5.41, 5.74) is 0.524. The highest BCUT2D eigenvalue weighted by atomic mass is 16.4. The van der Waals surface area contributed by atoms with Gasteiger partial charge in [0.15, 0.2) is 6.04 Å². The third-order valence-electron chi connectivity index (χ3n) is 4.41. The first-order valence-corrected chi connectivity index (χ1v) is 8.99. The number of rotatable bonds is 6. The van der Waals surface area contributed by atoms with Crippen LogP contribution in [0.5, 0.6) is 0 Å². The molecule has 142 valence electrons. The lowest BCUT2D eigenvalue weighted by molar-refractivity contribution is -0.143. The molecule has 0 radical (unpaired) electrons. The Hall–Kier alpha value is -2.57. The maximum Gasteiger partial charge on any atom is 0.330 e. The Kier molecular flexibility index (Phi) is 7.00. The van der Waals surface area contributed by atoms with Crippen molar-refractivity contribution in [1.82, 2.24) is 15.5 Å². The first-order chi connectivity index (χ1) is 12.4. The number of hydrogen-bond donors (Lipinski definition) is 3. The van der Waals surface area contributed by atoms with E-state index in [1.54, 1.807) is 35.2 Å². The van der Waals surface area contributed by atoms with Crippen molar-refractivity contribution in [3.63, 3.8) is 0 Å². The fourth-order valence-electron chi connectivity index (χ4n) is 2.97.